The first-order valence-corrected chi connectivity index (χ1v) is 6.78. The molecule has 0 saturated heterocycles. The Labute approximate surface area is 97.1 Å². The van der Waals surface area contributed by atoms with Crippen LogP contribution in [0.4, 0.5) is 0 Å². The second kappa shape index (κ2) is 6.96. The van der Waals surface area contributed by atoms with Crippen molar-refractivity contribution in [1.29, 1.82) is 0 Å². The fourth-order valence-corrected chi connectivity index (χ4v) is 2.40. The van der Waals surface area contributed by atoms with Crippen LogP contribution < -0.4 is 5.32 Å². The van der Waals surface area contributed by atoms with Crippen LogP contribution in [0.1, 0.15) is 50.2 Å². The van der Waals surface area contributed by atoms with E-state index in [1.807, 2.05) is 0 Å². The van der Waals surface area contributed by atoms with E-state index in [9.17, 15) is 0 Å². The quantitative estimate of drug-likeness (QED) is 0.769. The van der Waals surface area contributed by atoms with Crippen molar-refractivity contribution in [3.8, 4) is 0 Å². The van der Waals surface area contributed by atoms with Gasteiger partial charge in [0.15, 0.2) is 0 Å². The van der Waals surface area contributed by atoms with Crippen molar-refractivity contribution in [2.45, 2.75) is 59.0 Å². The first-order chi connectivity index (χ1) is 7.26. The van der Waals surface area contributed by atoms with Gasteiger partial charge in [-0.15, -0.1) is 11.3 Å². The Hall–Kier alpha value is -0.410. The van der Waals surface area contributed by atoms with E-state index in [0.717, 1.165) is 11.6 Å². The van der Waals surface area contributed by atoms with Gasteiger partial charge in [-0.05, 0) is 19.8 Å². The van der Waals surface area contributed by atoms with Crippen molar-refractivity contribution in [1.82, 2.24) is 10.3 Å². The molecule has 1 rings (SSSR count). The number of rotatable bonds is 7. The third kappa shape index (κ3) is 4.76. The van der Waals surface area contributed by atoms with Gasteiger partial charge in [0.25, 0.3) is 0 Å². The normalized spacial score (nSPS) is 11.2. The Balaban J connectivity index is 2.32. The van der Waals surface area contributed by atoms with Crippen LogP contribution in [0, 0.1) is 6.92 Å². The summed E-state index contributed by atoms with van der Waals surface area (Å²) in [6.45, 7) is 7.48. The molecule has 0 aliphatic heterocycles. The number of nitrogens with zero attached hydrogens (tertiary/aromatic N) is 1. The molecule has 0 atom stereocenters. The number of nitrogens with one attached hydrogen (secondary N) is 1. The molecular formula is C12H22N2S. The molecule has 1 heterocycles. The summed E-state index contributed by atoms with van der Waals surface area (Å²) in [5.74, 6) is 0. The summed E-state index contributed by atoms with van der Waals surface area (Å²) in [6, 6.07) is 0.669. The molecule has 2 nitrogen and oxygen atoms in total. The van der Waals surface area contributed by atoms with Gasteiger partial charge in [-0.1, -0.05) is 26.7 Å². The minimum atomic E-state index is 0.669. The second-order valence-electron chi connectivity index (χ2n) is 4.01. The van der Waals surface area contributed by atoms with Crippen LogP contribution in [0.15, 0.2) is 5.38 Å². The topological polar surface area (TPSA) is 24.9 Å². The minimum absolute atomic E-state index is 0.669. The first kappa shape index (κ1) is 12.7. The van der Waals surface area contributed by atoms with E-state index in [2.05, 4.69) is 36.5 Å². The number of hydrogen-bond donors (Lipinski definition) is 1. The molecule has 0 bridgehead atoms. The number of aryl methyl sites for hydroxylation is 1. The van der Waals surface area contributed by atoms with E-state index >= 15 is 0 Å². The highest BCUT2D eigenvalue weighted by atomic mass is 32.1. The molecule has 0 aliphatic carbocycles. The maximum absolute atomic E-state index is 4.46. The predicted molar refractivity (Wildman–Crippen MR) is 67.3 cm³/mol. The summed E-state index contributed by atoms with van der Waals surface area (Å²) in [7, 11) is 0. The molecular weight excluding hydrogens is 204 g/mol. The van der Waals surface area contributed by atoms with Crippen LogP contribution in [0.5, 0.6) is 0 Å². The summed E-state index contributed by atoms with van der Waals surface area (Å²) in [6.07, 6.45) is 5.06. The molecule has 0 spiro atoms. The van der Waals surface area contributed by atoms with E-state index in [-0.39, 0.29) is 0 Å². The van der Waals surface area contributed by atoms with Crippen LogP contribution in [-0.4, -0.2) is 11.0 Å². The predicted octanol–water partition coefficient (Wildman–Crippen LogP) is 3.51. The largest absolute Gasteiger partial charge is 0.308 e. The summed E-state index contributed by atoms with van der Waals surface area (Å²) < 4.78 is 0. The van der Waals surface area contributed by atoms with Crippen molar-refractivity contribution >= 4 is 11.3 Å². The molecule has 86 valence electrons. The lowest BCUT2D eigenvalue weighted by molar-refractivity contribution is 0.441. The van der Waals surface area contributed by atoms with Gasteiger partial charge in [-0.2, -0.15) is 0 Å². The molecule has 1 aromatic heterocycles. The second-order valence-corrected chi connectivity index (χ2v) is 5.08. The van der Waals surface area contributed by atoms with Gasteiger partial charge in [-0.25, -0.2) is 4.98 Å². The highest BCUT2D eigenvalue weighted by Crippen LogP contribution is 2.09. The third-order valence-electron chi connectivity index (χ3n) is 2.51. The van der Waals surface area contributed by atoms with E-state index in [0.29, 0.717) is 6.04 Å². The highest BCUT2D eigenvalue weighted by molar-refractivity contribution is 7.09. The maximum Gasteiger partial charge on any atom is 0.0897 e. The van der Waals surface area contributed by atoms with Crippen LogP contribution >= 0.6 is 11.3 Å². The molecule has 0 amide bonds. The Morgan fingerprint density at radius 1 is 1.33 bits per heavy atom. The zero-order chi connectivity index (χ0) is 11.1. The van der Waals surface area contributed by atoms with Crippen molar-refractivity contribution in [3.63, 3.8) is 0 Å². The Kier molecular flexibility index (Phi) is 5.88. The summed E-state index contributed by atoms with van der Waals surface area (Å²) >= 11 is 1.73. The fourth-order valence-electron chi connectivity index (χ4n) is 1.78. The zero-order valence-corrected chi connectivity index (χ0v) is 10.9. The molecule has 0 saturated carbocycles. The SMILES string of the molecule is CCCC(CCC)NCc1csc(C)n1. The molecule has 3 heteroatoms. The third-order valence-corrected chi connectivity index (χ3v) is 3.34. The first-order valence-electron chi connectivity index (χ1n) is 5.90. The molecule has 0 radical (unpaired) electrons. The lowest BCUT2D eigenvalue weighted by Crippen LogP contribution is -2.28. The van der Waals surface area contributed by atoms with Crippen molar-refractivity contribution < 1.29 is 0 Å². The van der Waals surface area contributed by atoms with Crippen LogP contribution in [-0.2, 0) is 6.54 Å². The van der Waals surface area contributed by atoms with E-state index in [1.165, 1.54) is 31.4 Å². The molecule has 1 aromatic rings. The molecule has 0 unspecified atom stereocenters. The fraction of sp³-hybridized carbons (Fsp3) is 0.750. The van der Waals surface area contributed by atoms with Gasteiger partial charge in [-0.3, -0.25) is 0 Å². The van der Waals surface area contributed by atoms with E-state index in [1.54, 1.807) is 11.3 Å². The van der Waals surface area contributed by atoms with Gasteiger partial charge in [0.1, 0.15) is 0 Å². The van der Waals surface area contributed by atoms with Gasteiger partial charge in [0.2, 0.25) is 0 Å². The van der Waals surface area contributed by atoms with E-state index in [4.69, 9.17) is 0 Å². The highest BCUT2D eigenvalue weighted by Gasteiger charge is 2.06. The van der Waals surface area contributed by atoms with Crippen molar-refractivity contribution in [2.24, 2.45) is 0 Å². The molecule has 0 aliphatic rings. The molecule has 0 aromatic carbocycles. The summed E-state index contributed by atoms with van der Waals surface area (Å²) in [5.41, 5.74) is 1.19. The molecule has 1 N–H and O–H groups in total. The average Bonchev–Trinajstić information content (AvgIpc) is 2.61. The van der Waals surface area contributed by atoms with Gasteiger partial charge < -0.3 is 5.32 Å². The van der Waals surface area contributed by atoms with Crippen LogP contribution in [0.3, 0.4) is 0 Å². The lowest BCUT2D eigenvalue weighted by atomic mass is 10.1. The monoisotopic (exact) mass is 226 g/mol. The molecule has 0 fully saturated rings. The summed E-state index contributed by atoms with van der Waals surface area (Å²) in [5, 5.41) is 6.91. The lowest BCUT2D eigenvalue weighted by Gasteiger charge is -2.16. The van der Waals surface area contributed by atoms with Crippen molar-refractivity contribution in [2.75, 3.05) is 0 Å². The van der Waals surface area contributed by atoms with Gasteiger partial charge in [0.05, 0.1) is 10.7 Å². The Bertz CT molecular complexity index is 264. The van der Waals surface area contributed by atoms with Crippen molar-refractivity contribution in [3.05, 3.63) is 16.1 Å². The average molecular weight is 226 g/mol. The minimum Gasteiger partial charge on any atom is -0.308 e. The number of aromatic nitrogens is 1. The standard InChI is InChI=1S/C12H22N2S/c1-4-6-11(7-5-2)13-8-12-9-15-10(3)14-12/h9,11,13H,4-8H2,1-3H3. The van der Waals surface area contributed by atoms with Gasteiger partial charge >= 0.3 is 0 Å². The smallest absolute Gasteiger partial charge is 0.0897 e. The van der Waals surface area contributed by atoms with E-state index < -0.39 is 0 Å². The van der Waals surface area contributed by atoms with Gasteiger partial charge in [0, 0.05) is 18.0 Å². The van der Waals surface area contributed by atoms with Crippen LogP contribution in [0.25, 0.3) is 0 Å². The zero-order valence-electron chi connectivity index (χ0n) is 10.0. The number of thiazole rings is 1. The Morgan fingerprint density at radius 2 is 2.00 bits per heavy atom. The Morgan fingerprint density at radius 3 is 2.47 bits per heavy atom. The summed E-state index contributed by atoms with van der Waals surface area (Å²) in [4.78, 5) is 4.46. The molecule has 15 heavy (non-hydrogen) atoms. The van der Waals surface area contributed by atoms with Crippen LogP contribution in [0.2, 0.25) is 0 Å². The number of hydrogen-bond acceptors (Lipinski definition) is 3. The maximum atomic E-state index is 4.46.